The van der Waals surface area contributed by atoms with Gasteiger partial charge in [-0.25, -0.2) is 13.8 Å². The summed E-state index contributed by atoms with van der Waals surface area (Å²) in [6.45, 7) is 6.05. The Labute approximate surface area is 261 Å². The molecule has 0 atom stereocenters. The van der Waals surface area contributed by atoms with Gasteiger partial charge in [0.15, 0.2) is 0 Å². The van der Waals surface area contributed by atoms with E-state index in [0.29, 0.717) is 11.2 Å². The smallest absolute Gasteiger partial charge is 0.144 e. The standard InChI is InChI=1S/C18H12FNO.C13H9FO.C6H6BrN/c1-11-7-8-20-16(9-11)15-4-2-3-14-13-6-5-12(19)10-17(13)21-18(14)15;1-8-3-2-4-11-10-6-5-9(14)7-12(10)15-13(8)11;1-5-2-3-8-6(7)4-5/h2-10H,1H3;2-7H,1H3;2-4H,1H3. The van der Waals surface area contributed by atoms with Crippen molar-refractivity contribution in [2.24, 2.45) is 0 Å². The molecule has 0 fully saturated rings. The van der Waals surface area contributed by atoms with E-state index in [1.165, 1.54) is 29.8 Å². The van der Waals surface area contributed by atoms with Gasteiger partial charge in [-0.15, -0.1) is 0 Å². The summed E-state index contributed by atoms with van der Waals surface area (Å²) >= 11 is 3.25. The third-order valence-electron chi connectivity index (χ3n) is 7.19. The lowest BCUT2D eigenvalue weighted by Gasteiger charge is -2.02. The van der Waals surface area contributed by atoms with Crippen molar-refractivity contribution < 1.29 is 17.6 Å². The van der Waals surface area contributed by atoms with E-state index in [4.69, 9.17) is 8.83 Å². The third kappa shape index (κ3) is 6.10. The van der Waals surface area contributed by atoms with Crippen molar-refractivity contribution in [3.05, 3.63) is 142 Å². The molecule has 0 amide bonds. The summed E-state index contributed by atoms with van der Waals surface area (Å²) in [6, 6.07) is 29.1. The molecule has 0 spiro atoms. The van der Waals surface area contributed by atoms with Crippen molar-refractivity contribution in [3.63, 3.8) is 0 Å². The highest BCUT2D eigenvalue weighted by atomic mass is 79.9. The van der Waals surface area contributed by atoms with Crippen molar-refractivity contribution in [2.45, 2.75) is 20.8 Å². The molecule has 4 heterocycles. The van der Waals surface area contributed by atoms with E-state index in [2.05, 4.69) is 25.9 Å². The summed E-state index contributed by atoms with van der Waals surface area (Å²) in [4.78, 5) is 8.37. The first-order valence-corrected chi connectivity index (χ1v) is 14.8. The first-order valence-electron chi connectivity index (χ1n) is 14.0. The molecule has 8 rings (SSSR count). The normalized spacial score (nSPS) is 11.0. The molecule has 0 unspecified atom stereocenters. The van der Waals surface area contributed by atoms with Gasteiger partial charge in [-0.2, -0.15) is 0 Å². The molecule has 0 N–H and O–H groups in total. The third-order valence-corrected chi connectivity index (χ3v) is 7.63. The number of aromatic nitrogens is 2. The van der Waals surface area contributed by atoms with Crippen LogP contribution in [0.15, 0.2) is 123 Å². The van der Waals surface area contributed by atoms with Crippen LogP contribution in [0.25, 0.3) is 55.1 Å². The largest absolute Gasteiger partial charge is 0.456 e. The average Bonchev–Trinajstić information content (AvgIpc) is 3.56. The van der Waals surface area contributed by atoms with Crippen molar-refractivity contribution >= 4 is 59.8 Å². The molecule has 0 aliphatic rings. The molecular formula is C37H27BrF2N2O2. The van der Waals surface area contributed by atoms with Crippen LogP contribution in [0.4, 0.5) is 8.78 Å². The monoisotopic (exact) mass is 648 g/mol. The first-order chi connectivity index (χ1) is 21.3. The minimum atomic E-state index is -0.295. The zero-order valence-electron chi connectivity index (χ0n) is 24.2. The molecule has 0 radical (unpaired) electrons. The fourth-order valence-corrected chi connectivity index (χ4v) is 5.55. The van der Waals surface area contributed by atoms with Gasteiger partial charge < -0.3 is 8.83 Å². The van der Waals surface area contributed by atoms with Crippen LogP contribution in [0.1, 0.15) is 16.7 Å². The number of fused-ring (bicyclic) bond motifs is 6. The lowest BCUT2D eigenvalue weighted by Crippen LogP contribution is -1.84. The Morgan fingerprint density at radius 1 is 0.568 bits per heavy atom. The zero-order valence-corrected chi connectivity index (χ0v) is 25.8. The molecule has 0 bridgehead atoms. The molecule has 218 valence electrons. The second kappa shape index (κ2) is 12.4. The van der Waals surface area contributed by atoms with E-state index < -0.39 is 0 Å². The Bertz CT molecular complexity index is 2260. The van der Waals surface area contributed by atoms with Gasteiger partial charge in [-0.1, -0.05) is 30.3 Å². The fraction of sp³-hybridized carbons (Fsp3) is 0.0811. The predicted octanol–water partition coefficient (Wildman–Crippen LogP) is 11.3. The van der Waals surface area contributed by atoms with E-state index in [-0.39, 0.29) is 11.6 Å². The molecule has 0 aliphatic heterocycles. The number of halogens is 3. The Hall–Kier alpha value is -4.88. The molecule has 8 aromatic rings. The number of furan rings is 2. The van der Waals surface area contributed by atoms with Crippen LogP contribution >= 0.6 is 15.9 Å². The maximum Gasteiger partial charge on any atom is 0.144 e. The average molecular weight is 650 g/mol. The predicted molar refractivity (Wildman–Crippen MR) is 177 cm³/mol. The lowest BCUT2D eigenvalue weighted by molar-refractivity contribution is 0.617. The van der Waals surface area contributed by atoms with Gasteiger partial charge in [0.05, 0.1) is 5.69 Å². The molecular weight excluding hydrogens is 622 g/mol. The van der Waals surface area contributed by atoms with Crippen LogP contribution in [-0.2, 0) is 0 Å². The van der Waals surface area contributed by atoms with Crippen LogP contribution in [0, 0.1) is 32.4 Å². The maximum atomic E-state index is 13.4. The highest BCUT2D eigenvalue weighted by Crippen LogP contribution is 2.35. The highest BCUT2D eigenvalue weighted by Gasteiger charge is 2.13. The molecule has 4 aromatic heterocycles. The van der Waals surface area contributed by atoms with Crippen LogP contribution in [-0.4, -0.2) is 9.97 Å². The van der Waals surface area contributed by atoms with Crippen molar-refractivity contribution in [3.8, 4) is 11.3 Å². The molecule has 4 nitrogen and oxygen atoms in total. The van der Waals surface area contributed by atoms with Gasteiger partial charge in [0.2, 0.25) is 0 Å². The van der Waals surface area contributed by atoms with E-state index in [1.807, 2.05) is 81.4 Å². The molecule has 0 saturated heterocycles. The Morgan fingerprint density at radius 2 is 1.14 bits per heavy atom. The summed E-state index contributed by atoms with van der Waals surface area (Å²) in [7, 11) is 0. The van der Waals surface area contributed by atoms with Crippen LogP contribution in [0.3, 0.4) is 0 Å². The fourth-order valence-electron chi connectivity index (χ4n) is 5.07. The summed E-state index contributed by atoms with van der Waals surface area (Å²) in [5.41, 5.74) is 7.99. The minimum Gasteiger partial charge on any atom is -0.456 e. The van der Waals surface area contributed by atoms with Crippen molar-refractivity contribution in [1.82, 2.24) is 9.97 Å². The minimum absolute atomic E-state index is 0.265. The van der Waals surface area contributed by atoms with E-state index in [1.54, 1.807) is 24.5 Å². The number of hydrogen-bond donors (Lipinski definition) is 0. The number of aryl methyl sites for hydroxylation is 3. The summed E-state index contributed by atoms with van der Waals surface area (Å²) in [5.74, 6) is -0.559. The Kier molecular flexibility index (Phi) is 8.22. The van der Waals surface area contributed by atoms with Gasteiger partial charge in [0.25, 0.3) is 0 Å². The number of nitrogens with zero attached hydrogens (tertiary/aromatic N) is 2. The van der Waals surface area contributed by atoms with Crippen LogP contribution in [0.5, 0.6) is 0 Å². The SMILES string of the molecule is Cc1cccc2c1oc1cc(F)ccc12.Cc1ccnc(-c2cccc3c2oc2cc(F)ccc23)c1.Cc1ccnc(Br)c1. The maximum absolute atomic E-state index is 13.4. The second-order valence-corrected chi connectivity index (χ2v) is 11.3. The van der Waals surface area contributed by atoms with Gasteiger partial charge in [-0.3, -0.25) is 4.98 Å². The zero-order chi connectivity index (χ0) is 30.8. The Balaban J connectivity index is 0.000000130. The van der Waals surface area contributed by atoms with Gasteiger partial charge >= 0.3 is 0 Å². The number of hydrogen-bond acceptors (Lipinski definition) is 4. The highest BCUT2D eigenvalue weighted by molar-refractivity contribution is 9.10. The quantitative estimate of drug-likeness (QED) is 0.166. The number of benzene rings is 4. The first kappa shape index (κ1) is 29.2. The molecule has 0 aliphatic carbocycles. The van der Waals surface area contributed by atoms with Gasteiger partial charge in [0.1, 0.15) is 38.6 Å². The van der Waals surface area contributed by atoms with E-state index in [9.17, 15) is 8.78 Å². The van der Waals surface area contributed by atoms with E-state index >= 15 is 0 Å². The summed E-state index contributed by atoms with van der Waals surface area (Å²) in [5, 5.41) is 3.91. The molecule has 4 aromatic carbocycles. The van der Waals surface area contributed by atoms with E-state index in [0.717, 1.165) is 59.7 Å². The summed E-state index contributed by atoms with van der Waals surface area (Å²) in [6.07, 6.45) is 3.56. The topological polar surface area (TPSA) is 52.1 Å². The number of pyridine rings is 2. The number of rotatable bonds is 1. The molecule has 0 saturated carbocycles. The summed E-state index contributed by atoms with van der Waals surface area (Å²) < 4.78 is 38.8. The van der Waals surface area contributed by atoms with Crippen LogP contribution in [0.2, 0.25) is 0 Å². The number of para-hydroxylation sites is 2. The van der Waals surface area contributed by atoms with Gasteiger partial charge in [0, 0.05) is 51.6 Å². The van der Waals surface area contributed by atoms with Crippen molar-refractivity contribution in [1.29, 1.82) is 0 Å². The second-order valence-electron chi connectivity index (χ2n) is 10.5. The van der Waals surface area contributed by atoms with Crippen LogP contribution < -0.4 is 0 Å². The molecule has 44 heavy (non-hydrogen) atoms. The lowest BCUT2D eigenvalue weighted by atomic mass is 10.1. The van der Waals surface area contributed by atoms with Crippen molar-refractivity contribution in [2.75, 3.05) is 0 Å². The Morgan fingerprint density at radius 3 is 1.73 bits per heavy atom. The molecule has 7 heteroatoms. The van der Waals surface area contributed by atoms with Gasteiger partial charge in [-0.05, 0) is 108 Å².